The van der Waals surface area contributed by atoms with E-state index in [0.29, 0.717) is 6.04 Å². The Bertz CT molecular complexity index is 165. The highest BCUT2D eigenvalue weighted by Crippen LogP contribution is 2.15. The third-order valence-corrected chi connectivity index (χ3v) is 2.34. The fraction of sp³-hybridized carbons (Fsp3) is 0.889. The third kappa shape index (κ3) is 2.13. The van der Waals surface area contributed by atoms with Crippen molar-refractivity contribution < 1.29 is 0 Å². The van der Waals surface area contributed by atoms with Crippen molar-refractivity contribution in [3.05, 3.63) is 0 Å². The summed E-state index contributed by atoms with van der Waals surface area (Å²) >= 11 is 0. The number of hydrogen-bond donors (Lipinski definition) is 1. The molecule has 0 amide bonds. The molecule has 0 bridgehead atoms. The highest BCUT2D eigenvalue weighted by molar-refractivity contribution is 5.78. The highest BCUT2D eigenvalue weighted by atomic mass is 15.3. The van der Waals surface area contributed by atoms with Crippen molar-refractivity contribution in [3.63, 3.8) is 0 Å². The molecule has 1 fully saturated rings. The Morgan fingerprint density at radius 3 is 2.92 bits per heavy atom. The SMILES string of the molecule is CCCN=C(N)N1CCCC1C. The molecule has 1 unspecified atom stereocenters. The molecule has 12 heavy (non-hydrogen) atoms. The Labute approximate surface area is 74.6 Å². The van der Waals surface area contributed by atoms with E-state index in [1.165, 1.54) is 12.8 Å². The molecular formula is C9H19N3. The van der Waals surface area contributed by atoms with Gasteiger partial charge in [0.15, 0.2) is 5.96 Å². The summed E-state index contributed by atoms with van der Waals surface area (Å²) in [6.45, 7) is 6.26. The molecule has 70 valence electrons. The first-order valence-corrected chi connectivity index (χ1v) is 4.82. The van der Waals surface area contributed by atoms with Gasteiger partial charge in [-0.15, -0.1) is 0 Å². The Morgan fingerprint density at radius 1 is 1.67 bits per heavy atom. The molecule has 0 aromatic heterocycles. The molecule has 1 aliphatic heterocycles. The topological polar surface area (TPSA) is 41.6 Å². The summed E-state index contributed by atoms with van der Waals surface area (Å²) < 4.78 is 0. The maximum atomic E-state index is 5.83. The van der Waals surface area contributed by atoms with Crippen molar-refractivity contribution in [1.82, 2.24) is 4.90 Å². The maximum absolute atomic E-state index is 5.83. The van der Waals surface area contributed by atoms with E-state index in [0.717, 1.165) is 25.5 Å². The average molecular weight is 169 g/mol. The van der Waals surface area contributed by atoms with Crippen LogP contribution in [0, 0.1) is 0 Å². The van der Waals surface area contributed by atoms with Crippen LogP contribution in [0.1, 0.15) is 33.1 Å². The number of hydrogen-bond acceptors (Lipinski definition) is 1. The molecule has 3 heteroatoms. The van der Waals surface area contributed by atoms with Gasteiger partial charge in [0.05, 0.1) is 0 Å². The van der Waals surface area contributed by atoms with Crippen LogP contribution in [0.5, 0.6) is 0 Å². The summed E-state index contributed by atoms with van der Waals surface area (Å²) in [6.07, 6.45) is 3.58. The first-order chi connectivity index (χ1) is 5.75. The smallest absolute Gasteiger partial charge is 0.191 e. The van der Waals surface area contributed by atoms with Crippen molar-refractivity contribution >= 4 is 5.96 Å². The number of likely N-dealkylation sites (tertiary alicyclic amines) is 1. The molecule has 0 aromatic carbocycles. The minimum Gasteiger partial charge on any atom is -0.370 e. The first-order valence-electron chi connectivity index (χ1n) is 4.82. The normalized spacial score (nSPS) is 25.0. The fourth-order valence-corrected chi connectivity index (χ4v) is 1.59. The molecule has 0 aromatic rings. The standard InChI is InChI=1S/C9H19N3/c1-3-6-11-9(10)12-7-4-5-8(12)2/h8H,3-7H2,1-2H3,(H2,10,11). The summed E-state index contributed by atoms with van der Waals surface area (Å²) in [5.41, 5.74) is 5.83. The molecule has 0 radical (unpaired) electrons. The lowest BCUT2D eigenvalue weighted by Gasteiger charge is -2.22. The largest absolute Gasteiger partial charge is 0.370 e. The molecule has 1 saturated heterocycles. The molecule has 0 saturated carbocycles. The lowest BCUT2D eigenvalue weighted by atomic mass is 10.2. The zero-order chi connectivity index (χ0) is 8.97. The van der Waals surface area contributed by atoms with E-state index in [-0.39, 0.29) is 0 Å². The summed E-state index contributed by atoms with van der Waals surface area (Å²) in [5, 5.41) is 0. The van der Waals surface area contributed by atoms with Crippen molar-refractivity contribution in [2.45, 2.75) is 39.2 Å². The second-order valence-corrected chi connectivity index (χ2v) is 3.42. The number of aliphatic imine (C=N–C) groups is 1. The molecular weight excluding hydrogens is 150 g/mol. The summed E-state index contributed by atoms with van der Waals surface area (Å²) in [6, 6.07) is 0.589. The second kappa shape index (κ2) is 4.33. The molecule has 3 nitrogen and oxygen atoms in total. The van der Waals surface area contributed by atoms with Crippen LogP contribution in [0.3, 0.4) is 0 Å². The van der Waals surface area contributed by atoms with Gasteiger partial charge in [-0.3, -0.25) is 4.99 Å². The van der Waals surface area contributed by atoms with Gasteiger partial charge in [0.25, 0.3) is 0 Å². The van der Waals surface area contributed by atoms with Gasteiger partial charge in [0, 0.05) is 19.1 Å². The minimum absolute atomic E-state index is 0.589. The summed E-state index contributed by atoms with van der Waals surface area (Å²) in [4.78, 5) is 6.50. The predicted molar refractivity (Wildman–Crippen MR) is 52.2 cm³/mol. The van der Waals surface area contributed by atoms with Gasteiger partial charge in [-0.1, -0.05) is 6.92 Å². The lowest BCUT2D eigenvalue weighted by Crippen LogP contribution is -2.39. The zero-order valence-corrected chi connectivity index (χ0v) is 8.08. The van der Waals surface area contributed by atoms with E-state index in [2.05, 4.69) is 23.7 Å². The van der Waals surface area contributed by atoms with Crippen molar-refractivity contribution in [2.75, 3.05) is 13.1 Å². The number of nitrogens with two attached hydrogens (primary N) is 1. The van der Waals surface area contributed by atoms with Crippen molar-refractivity contribution in [1.29, 1.82) is 0 Å². The van der Waals surface area contributed by atoms with Crippen LogP contribution in [0.15, 0.2) is 4.99 Å². The number of rotatable bonds is 2. The molecule has 1 heterocycles. The Kier molecular flexibility index (Phi) is 3.38. The van der Waals surface area contributed by atoms with E-state index in [9.17, 15) is 0 Å². The molecule has 1 aliphatic rings. The molecule has 1 atom stereocenters. The summed E-state index contributed by atoms with van der Waals surface area (Å²) in [7, 11) is 0. The van der Waals surface area contributed by atoms with Gasteiger partial charge in [-0.25, -0.2) is 0 Å². The molecule has 0 aliphatic carbocycles. The van der Waals surface area contributed by atoms with Crippen molar-refractivity contribution in [3.8, 4) is 0 Å². The fourth-order valence-electron chi connectivity index (χ4n) is 1.59. The van der Waals surface area contributed by atoms with Crippen LogP contribution in [0.2, 0.25) is 0 Å². The maximum Gasteiger partial charge on any atom is 0.191 e. The first kappa shape index (κ1) is 9.36. The van der Waals surface area contributed by atoms with E-state index < -0.39 is 0 Å². The minimum atomic E-state index is 0.589. The zero-order valence-electron chi connectivity index (χ0n) is 8.08. The van der Waals surface area contributed by atoms with Crippen LogP contribution in [-0.4, -0.2) is 30.0 Å². The van der Waals surface area contributed by atoms with E-state index >= 15 is 0 Å². The lowest BCUT2D eigenvalue weighted by molar-refractivity contribution is 0.408. The Morgan fingerprint density at radius 2 is 2.42 bits per heavy atom. The Balaban J connectivity index is 2.45. The van der Waals surface area contributed by atoms with Crippen molar-refractivity contribution in [2.24, 2.45) is 10.7 Å². The third-order valence-electron chi connectivity index (χ3n) is 2.34. The predicted octanol–water partition coefficient (Wildman–Crippen LogP) is 1.20. The van der Waals surface area contributed by atoms with E-state index in [1.807, 2.05) is 0 Å². The van der Waals surface area contributed by atoms with Gasteiger partial charge < -0.3 is 10.6 Å². The van der Waals surface area contributed by atoms with Crippen LogP contribution in [0.25, 0.3) is 0 Å². The van der Waals surface area contributed by atoms with Gasteiger partial charge >= 0.3 is 0 Å². The van der Waals surface area contributed by atoms with Crippen LogP contribution < -0.4 is 5.73 Å². The van der Waals surface area contributed by atoms with Crippen LogP contribution in [0.4, 0.5) is 0 Å². The highest BCUT2D eigenvalue weighted by Gasteiger charge is 2.21. The van der Waals surface area contributed by atoms with E-state index in [4.69, 9.17) is 5.73 Å². The van der Waals surface area contributed by atoms with Crippen LogP contribution in [-0.2, 0) is 0 Å². The van der Waals surface area contributed by atoms with Gasteiger partial charge in [-0.05, 0) is 26.2 Å². The van der Waals surface area contributed by atoms with Gasteiger partial charge in [-0.2, -0.15) is 0 Å². The molecule has 0 spiro atoms. The number of guanidine groups is 1. The summed E-state index contributed by atoms with van der Waals surface area (Å²) in [5.74, 6) is 0.738. The second-order valence-electron chi connectivity index (χ2n) is 3.42. The average Bonchev–Trinajstić information content (AvgIpc) is 2.47. The van der Waals surface area contributed by atoms with Gasteiger partial charge in [0.2, 0.25) is 0 Å². The van der Waals surface area contributed by atoms with Gasteiger partial charge in [0.1, 0.15) is 0 Å². The molecule has 2 N–H and O–H groups in total. The van der Waals surface area contributed by atoms with E-state index in [1.54, 1.807) is 0 Å². The molecule has 1 rings (SSSR count). The number of nitrogens with zero attached hydrogens (tertiary/aromatic N) is 2. The Hall–Kier alpha value is -0.730. The van der Waals surface area contributed by atoms with Crippen LogP contribution >= 0.6 is 0 Å². The monoisotopic (exact) mass is 169 g/mol. The quantitative estimate of drug-likeness (QED) is 0.498.